The lowest BCUT2D eigenvalue weighted by molar-refractivity contribution is 0.414. The molecule has 0 saturated heterocycles. The Labute approximate surface area is 192 Å². The number of primary sulfonamides is 1. The van der Waals surface area contributed by atoms with Crippen LogP contribution in [-0.2, 0) is 20.0 Å². The number of ether oxygens (including phenoxy) is 1. The van der Waals surface area contributed by atoms with Gasteiger partial charge in [-0.3, -0.25) is 0 Å². The molecule has 0 radical (unpaired) electrons. The van der Waals surface area contributed by atoms with Crippen molar-refractivity contribution < 1.29 is 21.6 Å². The number of aromatic nitrogens is 1. The Bertz CT molecular complexity index is 1480. The first-order chi connectivity index (χ1) is 15.7. The quantitative estimate of drug-likeness (QED) is 0.353. The Morgan fingerprint density at radius 2 is 1.55 bits per heavy atom. The molecule has 0 spiro atoms. The van der Waals surface area contributed by atoms with Gasteiger partial charge in [0.1, 0.15) is 5.75 Å². The van der Waals surface area contributed by atoms with E-state index in [1.807, 2.05) is 54.7 Å². The Hall–Kier alpha value is -3.18. The lowest BCUT2D eigenvalue weighted by atomic mass is 9.91. The Kier molecular flexibility index (Phi) is 6.26. The van der Waals surface area contributed by atoms with Crippen LogP contribution in [0.25, 0.3) is 10.9 Å². The molecule has 4 rings (SSSR count). The molecule has 3 aromatic carbocycles. The molecule has 1 aromatic heterocycles. The third-order valence-electron chi connectivity index (χ3n) is 5.45. The van der Waals surface area contributed by atoms with E-state index < -0.39 is 20.0 Å². The zero-order valence-corrected chi connectivity index (χ0v) is 19.4. The van der Waals surface area contributed by atoms with Gasteiger partial charge in [-0.25, -0.2) is 26.7 Å². The lowest BCUT2D eigenvalue weighted by Crippen LogP contribution is -2.29. The number of hydrogen-bond acceptors (Lipinski definition) is 5. The van der Waals surface area contributed by atoms with E-state index in [1.165, 1.54) is 24.3 Å². The van der Waals surface area contributed by atoms with Crippen LogP contribution in [0, 0.1) is 0 Å². The van der Waals surface area contributed by atoms with Crippen molar-refractivity contribution in [1.82, 2.24) is 9.71 Å². The number of methoxy groups -OCH3 is 1. The number of para-hydroxylation sites is 1. The van der Waals surface area contributed by atoms with E-state index in [0.29, 0.717) is 5.75 Å². The molecule has 0 aliphatic carbocycles. The number of rotatable bonds is 8. The molecule has 0 fully saturated rings. The van der Waals surface area contributed by atoms with Gasteiger partial charge in [0.2, 0.25) is 20.0 Å². The Balaban J connectivity index is 1.66. The first kappa shape index (κ1) is 23.0. The summed E-state index contributed by atoms with van der Waals surface area (Å²) >= 11 is 0. The molecule has 4 aromatic rings. The summed E-state index contributed by atoms with van der Waals surface area (Å²) in [4.78, 5) is 3.03. The number of benzene rings is 3. The van der Waals surface area contributed by atoms with E-state index in [4.69, 9.17) is 9.88 Å². The topological polar surface area (TPSA) is 131 Å². The highest BCUT2D eigenvalue weighted by Gasteiger charge is 2.22. The average molecular weight is 486 g/mol. The number of nitrogens with one attached hydrogen (secondary N) is 2. The van der Waals surface area contributed by atoms with Gasteiger partial charge < -0.3 is 9.72 Å². The normalized spacial score (nSPS) is 13.2. The minimum Gasteiger partial charge on any atom is -0.497 e. The van der Waals surface area contributed by atoms with Gasteiger partial charge in [0.05, 0.1) is 16.9 Å². The molecule has 0 amide bonds. The van der Waals surface area contributed by atoms with Crippen molar-refractivity contribution in [1.29, 1.82) is 0 Å². The number of aromatic amines is 1. The van der Waals surface area contributed by atoms with Gasteiger partial charge in [-0.1, -0.05) is 30.3 Å². The van der Waals surface area contributed by atoms with Crippen LogP contribution in [0.3, 0.4) is 0 Å². The van der Waals surface area contributed by atoms with Gasteiger partial charge in [-0.15, -0.1) is 0 Å². The van der Waals surface area contributed by atoms with Crippen LogP contribution in [0.4, 0.5) is 0 Å². The molecule has 1 heterocycles. The molecule has 172 valence electrons. The predicted molar refractivity (Wildman–Crippen MR) is 126 cm³/mol. The van der Waals surface area contributed by atoms with Crippen molar-refractivity contribution in [2.24, 2.45) is 5.14 Å². The van der Waals surface area contributed by atoms with Gasteiger partial charge in [0, 0.05) is 29.6 Å². The van der Waals surface area contributed by atoms with Gasteiger partial charge >= 0.3 is 0 Å². The second-order valence-corrected chi connectivity index (χ2v) is 10.8. The van der Waals surface area contributed by atoms with Crippen LogP contribution in [0.2, 0.25) is 0 Å². The average Bonchev–Trinajstić information content (AvgIpc) is 3.23. The molecule has 33 heavy (non-hydrogen) atoms. The van der Waals surface area contributed by atoms with E-state index in [-0.39, 0.29) is 22.3 Å². The fraction of sp³-hybridized carbons (Fsp3) is 0.130. The van der Waals surface area contributed by atoms with E-state index in [1.54, 1.807) is 7.11 Å². The molecule has 1 atom stereocenters. The largest absolute Gasteiger partial charge is 0.497 e. The van der Waals surface area contributed by atoms with Crippen LogP contribution >= 0.6 is 0 Å². The second kappa shape index (κ2) is 8.99. The van der Waals surface area contributed by atoms with Crippen molar-refractivity contribution in [3.63, 3.8) is 0 Å². The number of nitrogens with two attached hydrogens (primary N) is 1. The highest BCUT2D eigenvalue weighted by Crippen LogP contribution is 2.31. The molecule has 0 saturated carbocycles. The van der Waals surface area contributed by atoms with Crippen LogP contribution in [0.5, 0.6) is 5.75 Å². The van der Waals surface area contributed by atoms with Crippen molar-refractivity contribution >= 4 is 30.9 Å². The van der Waals surface area contributed by atoms with Crippen LogP contribution in [0.15, 0.2) is 88.8 Å². The summed E-state index contributed by atoms with van der Waals surface area (Å²) in [6, 6.07) is 20.1. The summed E-state index contributed by atoms with van der Waals surface area (Å²) in [6.07, 6.45) is 1.88. The van der Waals surface area contributed by atoms with Gasteiger partial charge in [0.15, 0.2) is 0 Å². The van der Waals surface area contributed by atoms with E-state index in [2.05, 4.69) is 9.71 Å². The van der Waals surface area contributed by atoms with Crippen molar-refractivity contribution in [3.8, 4) is 5.75 Å². The summed E-state index contributed by atoms with van der Waals surface area (Å²) in [5.74, 6) is 0.414. The SMILES string of the molecule is COc1ccc(C(CNS(=O)(=O)c2ccc(S(N)(=O)=O)cc2)c2c[nH]c3ccccc23)cc1. The molecule has 1 unspecified atom stereocenters. The van der Waals surface area contributed by atoms with E-state index in [0.717, 1.165) is 22.0 Å². The van der Waals surface area contributed by atoms with Gasteiger partial charge in [0.25, 0.3) is 0 Å². The fourth-order valence-corrected chi connectivity index (χ4v) is 5.27. The summed E-state index contributed by atoms with van der Waals surface area (Å²) in [5, 5.41) is 6.09. The third-order valence-corrected chi connectivity index (χ3v) is 7.82. The smallest absolute Gasteiger partial charge is 0.240 e. The summed E-state index contributed by atoms with van der Waals surface area (Å²) < 4.78 is 56.7. The molecular weight excluding hydrogens is 462 g/mol. The maximum absolute atomic E-state index is 12.9. The first-order valence-electron chi connectivity index (χ1n) is 10.0. The standard InChI is InChI=1S/C23H23N3O5S2/c1-31-17-8-6-16(7-9-17)21(22-14-25-23-5-3-2-4-20(22)23)15-26-33(29,30)19-12-10-18(11-13-19)32(24,27)28/h2-14,21,25-26H,15H2,1H3,(H2,24,27,28). The van der Waals surface area contributed by atoms with Crippen LogP contribution in [0.1, 0.15) is 17.0 Å². The molecule has 10 heteroatoms. The number of sulfonamides is 2. The second-order valence-electron chi connectivity index (χ2n) is 7.48. The Morgan fingerprint density at radius 3 is 2.18 bits per heavy atom. The minimum atomic E-state index is -3.91. The molecule has 0 aliphatic rings. The molecule has 0 bridgehead atoms. The monoisotopic (exact) mass is 485 g/mol. The van der Waals surface area contributed by atoms with Crippen LogP contribution in [-0.4, -0.2) is 35.5 Å². The zero-order chi connectivity index (χ0) is 23.6. The minimum absolute atomic E-state index is 0.0534. The number of fused-ring (bicyclic) bond motifs is 1. The van der Waals surface area contributed by atoms with Crippen molar-refractivity contribution in [2.75, 3.05) is 13.7 Å². The molecule has 4 N–H and O–H groups in total. The maximum Gasteiger partial charge on any atom is 0.240 e. The van der Waals surface area contributed by atoms with Gasteiger partial charge in [-0.2, -0.15) is 0 Å². The van der Waals surface area contributed by atoms with Crippen molar-refractivity contribution in [3.05, 3.63) is 90.1 Å². The Morgan fingerprint density at radius 1 is 0.909 bits per heavy atom. The number of hydrogen-bond donors (Lipinski definition) is 3. The molecule has 0 aliphatic heterocycles. The van der Waals surface area contributed by atoms with Crippen molar-refractivity contribution in [2.45, 2.75) is 15.7 Å². The summed E-state index contributed by atoms with van der Waals surface area (Å²) in [7, 11) is -6.23. The molecular formula is C23H23N3O5S2. The highest BCUT2D eigenvalue weighted by molar-refractivity contribution is 7.89. The first-order valence-corrected chi connectivity index (χ1v) is 13.0. The maximum atomic E-state index is 12.9. The zero-order valence-electron chi connectivity index (χ0n) is 17.7. The molecule has 8 nitrogen and oxygen atoms in total. The third kappa shape index (κ3) is 4.93. The lowest BCUT2D eigenvalue weighted by Gasteiger charge is -2.19. The number of H-pyrrole nitrogens is 1. The van der Waals surface area contributed by atoms with Gasteiger partial charge in [-0.05, 0) is 53.6 Å². The van der Waals surface area contributed by atoms with Crippen LogP contribution < -0.4 is 14.6 Å². The van der Waals surface area contributed by atoms with E-state index in [9.17, 15) is 16.8 Å². The predicted octanol–water partition coefficient (Wildman–Crippen LogP) is 2.93. The fourth-order valence-electron chi connectivity index (χ4n) is 3.71. The summed E-state index contributed by atoms with van der Waals surface area (Å²) in [5.41, 5.74) is 2.81. The highest BCUT2D eigenvalue weighted by atomic mass is 32.2. The van der Waals surface area contributed by atoms with E-state index >= 15 is 0 Å². The summed E-state index contributed by atoms with van der Waals surface area (Å²) in [6.45, 7) is 0.0907.